The standard InChI is InChI=1S/C26H28O5/c1-26(2)30-24(16-27)25(31-26)21-13-14-22(28-17-19-9-5-3-6-10-19)23(15-21)29-18-20-11-7-4-8-12-20/h3-15,24-25,27H,16-18H2,1-2H3/t24-,25-/m1/s1. The number of hydrogen-bond acceptors (Lipinski definition) is 5. The van der Waals surface area contributed by atoms with Gasteiger partial charge in [-0.1, -0.05) is 66.7 Å². The number of ether oxygens (including phenoxy) is 4. The molecule has 0 aliphatic carbocycles. The molecule has 0 amide bonds. The van der Waals surface area contributed by atoms with Crippen molar-refractivity contribution in [2.75, 3.05) is 6.61 Å². The lowest BCUT2D eigenvalue weighted by atomic mass is 10.0. The molecule has 1 aliphatic heterocycles. The molecule has 1 N–H and O–H groups in total. The van der Waals surface area contributed by atoms with Crippen molar-refractivity contribution in [3.05, 3.63) is 95.6 Å². The summed E-state index contributed by atoms with van der Waals surface area (Å²) in [5.74, 6) is 0.524. The molecule has 0 spiro atoms. The predicted molar refractivity (Wildman–Crippen MR) is 118 cm³/mol. The quantitative estimate of drug-likeness (QED) is 0.554. The van der Waals surface area contributed by atoms with E-state index in [-0.39, 0.29) is 12.7 Å². The molecule has 0 unspecified atom stereocenters. The van der Waals surface area contributed by atoms with E-state index in [2.05, 4.69) is 0 Å². The fourth-order valence-electron chi connectivity index (χ4n) is 3.66. The van der Waals surface area contributed by atoms with Crippen LogP contribution in [0.25, 0.3) is 0 Å². The van der Waals surface area contributed by atoms with Crippen molar-refractivity contribution in [1.82, 2.24) is 0 Å². The van der Waals surface area contributed by atoms with Gasteiger partial charge in [0.1, 0.15) is 25.4 Å². The number of aliphatic hydroxyl groups is 1. The van der Waals surface area contributed by atoms with Crippen molar-refractivity contribution in [3.63, 3.8) is 0 Å². The van der Waals surface area contributed by atoms with Gasteiger partial charge in [-0.05, 0) is 42.7 Å². The van der Waals surface area contributed by atoms with Gasteiger partial charge in [-0.3, -0.25) is 0 Å². The van der Waals surface area contributed by atoms with E-state index in [1.54, 1.807) is 0 Å². The molecule has 162 valence electrons. The minimum atomic E-state index is -0.758. The van der Waals surface area contributed by atoms with E-state index in [0.717, 1.165) is 16.7 Å². The molecule has 1 saturated heterocycles. The topological polar surface area (TPSA) is 57.2 Å². The Labute approximate surface area is 183 Å². The summed E-state index contributed by atoms with van der Waals surface area (Å²) in [4.78, 5) is 0. The van der Waals surface area contributed by atoms with Crippen LogP contribution in [0, 0.1) is 0 Å². The van der Waals surface area contributed by atoms with Crippen LogP contribution >= 0.6 is 0 Å². The lowest BCUT2D eigenvalue weighted by Gasteiger charge is -2.19. The molecule has 2 atom stereocenters. The van der Waals surface area contributed by atoms with Crippen LogP contribution in [0.4, 0.5) is 0 Å². The average molecular weight is 421 g/mol. The van der Waals surface area contributed by atoms with Gasteiger partial charge in [-0.15, -0.1) is 0 Å². The Kier molecular flexibility index (Phi) is 6.56. The van der Waals surface area contributed by atoms with Gasteiger partial charge < -0.3 is 24.1 Å². The largest absolute Gasteiger partial charge is 0.485 e. The molecule has 0 aromatic heterocycles. The summed E-state index contributed by atoms with van der Waals surface area (Å²) in [6.07, 6.45) is -0.824. The van der Waals surface area contributed by atoms with E-state index in [1.165, 1.54) is 0 Å². The van der Waals surface area contributed by atoms with Gasteiger partial charge in [-0.2, -0.15) is 0 Å². The molecule has 0 bridgehead atoms. The number of benzene rings is 3. The highest BCUT2D eigenvalue weighted by molar-refractivity contribution is 5.44. The van der Waals surface area contributed by atoms with Gasteiger partial charge in [0.2, 0.25) is 0 Å². The molecular weight excluding hydrogens is 392 g/mol. The molecule has 31 heavy (non-hydrogen) atoms. The summed E-state index contributed by atoms with van der Waals surface area (Å²) in [7, 11) is 0. The maximum Gasteiger partial charge on any atom is 0.164 e. The summed E-state index contributed by atoms with van der Waals surface area (Å²) in [5.41, 5.74) is 3.02. The van der Waals surface area contributed by atoms with Crippen LogP contribution in [-0.2, 0) is 22.7 Å². The molecule has 1 aliphatic rings. The molecule has 0 saturated carbocycles. The second kappa shape index (κ2) is 9.52. The molecule has 0 radical (unpaired) electrons. The van der Waals surface area contributed by atoms with Crippen molar-refractivity contribution in [2.24, 2.45) is 0 Å². The van der Waals surface area contributed by atoms with E-state index in [0.29, 0.717) is 24.7 Å². The average Bonchev–Trinajstić information content (AvgIpc) is 3.12. The van der Waals surface area contributed by atoms with Crippen molar-refractivity contribution in [1.29, 1.82) is 0 Å². The Balaban J connectivity index is 1.57. The first-order valence-electron chi connectivity index (χ1n) is 10.5. The number of rotatable bonds is 8. The minimum absolute atomic E-state index is 0.124. The Hall–Kier alpha value is -2.86. The van der Waals surface area contributed by atoms with Crippen LogP contribution in [0.15, 0.2) is 78.9 Å². The van der Waals surface area contributed by atoms with Crippen LogP contribution in [0.1, 0.15) is 36.6 Å². The molecule has 4 rings (SSSR count). The van der Waals surface area contributed by atoms with Crippen LogP contribution in [0.3, 0.4) is 0 Å². The summed E-state index contributed by atoms with van der Waals surface area (Å²) < 4.78 is 24.1. The zero-order valence-corrected chi connectivity index (χ0v) is 17.9. The van der Waals surface area contributed by atoms with Crippen molar-refractivity contribution in [2.45, 2.75) is 45.1 Å². The second-order valence-electron chi connectivity index (χ2n) is 8.03. The highest BCUT2D eigenvalue weighted by Crippen LogP contribution is 2.41. The molecule has 3 aromatic rings. The summed E-state index contributed by atoms with van der Waals surface area (Å²) in [5, 5.41) is 9.76. The van der Waals surface area contributed by atoms with Gasteiger partial charge in [0, 0.05) is 0 Å². The smallest absolute Gasteiger partial charge is 0.164 e. The van der Waals surface area contributed by atoms with Crippen molar-refractivity contribution < 1.29 is 24.1 Å². The first-order valence-corrected chi connectivity index (χ1v) is 10.5. The maximum atomic E-state index is 9.76. The minimum Gasteiger partial charge on any atom is -0.485 e. The zero-order chi connectivity index (χ0) is 21.7. The van der Waals surface area contributed by atoms with Crippen LogP contribution < -0.4 is 9.47 Å². The van der Waals surface area contributed by atoms with Crippen LogP contribution in [-0.4, -0.2) is 23.6 Å². The number of aliphatic hydroxyl groups excluding tert-OH is 1. The third kappa shape index (κ3) is 5.44. The van der Waals surface area contributed by atoms with E-state index in [9.17, 15) is 5.11 Å². The second-order valence-corrected chi connectivity index (χ2v) is 8.03. The Morgan fingerprint density at radius 1 is 0.774 bits per heavy atom. The fraction of sp³-hybridized carbons (Fsp3) is 0.308. The highest BCUT2D eigenvalue weighted by atomic mass is 16.8. The van der Waals surface area contributed by atoms with Gasteiger partial charge in [0.25, 0.3) is 0 Å². The van der Waals surface area contributed by atoms with Gasteiger partial charge in [-0.25, -0.2) is 0 Å². The molecular formula is C26H28O5. The molecule has 1 fully saturated rings. The number of hydrogen-bond donors (Lipinski definition) is 1. The summed E-state index contributed by atoms with van der Waals surface area (Å²) in [6.45, 7) is 4.43. The van der Waals surface area contributed by atoms with E-state index < -0.39 is 11.9 Å². The van der Waals surface area contributed by atoms with Crippen molar-refractivity contribution >= 4 is 0 Å². The normalized spacial score (nSPS) is 19.8. The molecule has 1 heterocycles. The zero-order valence-electron chi connectivity index (χ0n) is 17.9. The SMILES string of the molecule is CC1(C)O[C@H](c2ccc(OCc3ccccc3)c(OCc3ccccc3)c2)[C@@H](CO)O1. The lowest BCUT2D eigenvalue weighted by molar-refractivity contribution is -0.149. The van der Waals surface area contributed by atoms with E-state index in [4.69, 9.17) is 18.9 Å². The van der Waals surface area contributed by atoms with E-state index in [1.807, 2.05) is 92.7 Å². The first kappa shape index (κ1) is 21.4. The Morgan fingerprint density at radius 2 is 1.35 bits per heavy atom. The van der Waals surface area contributed by atoms with Gasteiger partial charge >= 0.3 is 0 Å². The maximum absolute atomic E-state index is 9.76. The lowest BCUT2D eigenvalue weighted by Crippen LogP contribution is -2.23. The van der Waals surface area contributed by atoms with Crippen molar-refractivity contribution in [3.8, 4) is 11.5 Å². The monoisotopic (exact) mass is 420 g/mol. The summed E-state index contributed by atoms with van der Waals surface area (Å²) in [6, 6.07) is 25.7. The van der Waals surface area contributed by atoms with E-state index >= 15 is 0 Å². The first-order chi connectivity index (χ1) is 15.0. The van der Waals surface area contributed by atoms with Gasteiger partial charge in [0.15, 0.2) is 17.3 Å². The van der Waals surface area contributed by atoms with Gasteiger partial charge in [0.05, 0.1) is 6.61 Å². The molecule has 3 aromatic carbocycles. The fourth-order valence-corrected chi connectivity index (χ4v) is 3.66. The predicted octanol–water partition coefficient (Wildman–Crippen LogP) is 5.03. The Bertz CT molecular complexity index is 972. The third-order valence-corrected chi connectivity index (χ3v) is 5.13. The summed E-state index contributed by atoms with van der Waals surface area (Å²) >= 11 is 0. The van der Waals surface area contributed by atoms with Crippen LogP contribution in [0.5, 0.6) is 11.5 Å². The Morgan fingerprint density at radius 3 is 1.94 bits per heavy atom. The van der Waals surface area contributed by atoms with Crippen LogP contribution in [0.2, 0.25) is 0 Å². The third-order valence-electron chi connectivity index (χ3n) is 5.13. The highest BCUT2D eigenvalue weighted by Gasteiger charge is 2.42. The molecule has 5 nitrogen and oxygen atoms in total. The molecule has 5 heteroatoms.